The minimum absolute atomic E-state index is 0.123. The van der Waals surface area contributed by atoms with E-state index in [0.29, 0.717) is 18.5 Å². The summed E-state index contributed by atoms with van der Waals surface area (Å²) in [5.41, 5.74) is 1.06. The molecule has 5 heteroatoms. The van der Waals surface area contributed by atoms with E-state index in [1.165, 1.54) is 25.9 Å². The van der Waals surface area contributed by atoms with Crippen molar-refractivity contribution in [3.63, 3.8) is 0 Å². The van der Waals surface area contributed by atoms with Gasteiger partial charge in [-0.25, -0.2) is 0 Å². The highest BCUT2D eigenvalue weighted by Gasteiger charge is 2.31. The summed E-state index contributed by atoms with van der Waals surface area (Å²) in [5.74, 6) is 0.953. The Bertz CT molecular complexity index is 623. The van der Waals surface area contributed by atoms with Crippen molar-refractivity contribution >= 4 is 5.91 Å². The number of amides is 1. The van der Waals surface area contributed by atoms with Gasteiger partial charge < -0.3 is 5.32 Å². The first-order valence-corrected chi connectivity index (χ1v) is 10.9. The number of nitrogens with one attached hydrogen (secondary N) is 1. The molecule has 0 saturated carbocycles. The zero-order valence-corrected chi connectivity index (χ0v) is 17.5. The number of aromatic nitrogens is 1. The van der Waals surface area contributed by atoms with Gasteiger partial charge in [-0.1, -0.05) is 32.1 Å². The largest absolute Gasteiger partial charge is 0.352 e. The Kier molecular flexibility index (Phi) is 8.04. The molecule has 154 valence electrons. The molecule has 1 aromatic rings. The third kappa shape index (κ3) is 6.42. The predicted octanol–water partition coefficient (Wildman–Crippen LogP) is 3.09. The smallest absolute Gasteiger partial charge is 0.224 e. The molecular weight excluding hydrogens is 348 g/mol. The Balaban J connectivity index is 1.41. The molecule has 1 unspecified atom stereocenters. The van der Waals surface area contributed by atoms with E-state index < -0.39 is 0 Å². The number of carbonyl (C=O) groups is 1. The van der Waals surface area contributed by atoms with E-state index in [-0.39, 0.29) is 11.8 Å². The molecule has 0 radical (unpaired) electrons. The zero-order valence-electron chi connectivity index (χ0n) is 17.5. The normalized spacial score (nSPS) is 22.8. The van der Waals surface area contributed by atoms with Crippen LogP contribution in [-0.2, 0) is 11.3 Å². The summed E-state index contributed by atoms with van der Waals surface area (Å²) in [5, 5.41) is 3.11. The van der Waals surface area contributed by atoms with Gasteiger partial charge >= 0.3 is 0 Å². The van der Waals surface area contributed by atoms with Crippen LogP contribution in [0.5, 0.6) is 0 Å². The first-order chi connectivity index (χ1) is 13.6. The lowest BCUT2D eigenvalue weighted by Crippen LogP contribution is -2.50. The molecule has 2 saturated heterocycles. The van der Waals surface area contributed by atoms with Crippen LogP contribution in [0.3, 0.4) is 0 Å². The van der Waals surface area contributed by atoms with E-state index in [4.69, 9.17) is 0 Å². The number of rotatable bonds is 7. The van der Waals surface area contributed by atoms with Crippen LogP contribution in [-0.4, -0.2) is 59.5 Å². The zero-order chi connectivity index (χ0) is 19.8. The third-order valence-electron chi connectivity index (χ3n) is 5.97. The number of hydrogen-bond acceptors (Lipinski definition) is 4. The summed E-state index contributed by atoms with van der Waals surface area (Å²) in [6.07, 6.45) is 12.8. The van der Waals surface area contributed by atoms with Crippen LogP contribution >= 0.6 is 0 Å². The molecule has 1 amide bonds. The molecule has 28 heavy (non-hydrogen) atoms. The minimum atomic E-state index is 0.123. The van der Waals surface area contributed by atoms with E-state index in [0.717, 1.165) is 38.0 Å². The van der Waals surface area contributed by atoms with Crippen LogP contribution in [0.2, 0.25) is 0 Å². The quantitative estimate of drug-likeness (QED) is 0.734. The third-order valence-corrected chi connectivity index (χ3v) is 5.97. The molecule has 3 rings (SSSR count). The summed E-state index contributed by atoms with van der Waals surface area (Å²) in [4.78, 5) is 21.9. The number of carbonyl (C=O) groups excluding carboxylic acids is 1. The highest BCUT2D eigenvalue weighted by Crippen LogP contribution is 2.24. The Hall–Kier alpha value is -1.72. The van der Waals surface area contributed by atoms with Crippen molar-refractivity contribution in [1.29, 1.82) is 0 Å². The fraction of sp³-hybridized carbons (Fsp3) is 0.652. The van der Waals surface area contributed by atoms with Gasteiger partial charge in [0.25, 0.3) is 0 Å². The van der Waals surface area contributed by atoms with Gasteiger partial charge in [-0.15, -0.1) is 0 Å². The molecule has 3 heterocycles. The number of pyridine rings is 1. The summed E-state index contributed by atoms with van der Waals surface area (Å²) in [6, 6.07) is 4.55. The van der Waals surface area contributed by atoms with E-state index in [2.05, 4.69) is 46.1 Å². The van der Waals surface area contributed by atoms with Crippen molar-refractivity contribution < 1.29 is 4.79 Å². The van der Waals surface area contributed by atoms with Gasteiger partial charge in [0.2, 0.25) is 5.91 Å². The Morgan fingerprint density at radius 3 is 2.82 bits per heavy atom. The van der Waals surface area contributed by atoms with E-state index >= 15 is 0 Å². The molecule has 1 atom stereocenters. The molecule has 0 aliphatic carbocycles. The van der Waals surface area contributed by atoms with Gasteiger partial charge in [0.05, 0.1) is 5.92 Å². The Morgan fingerprint density at radius 1 is 1.29 bits per heavy atom. The van der Waals surface area contributed by atoms with E-state index in [1.54, 1.807) is 6.20 Å². The molecule has 2 aliphatic heterocycles. The maximum absolute atomic E-state index is 12.7. The minimum Gasteiger partial charge on any atom is -0.352 e. The van der Waals surface area contributed by atoms with Crippen molar-refractivity contribution in [1.82, 2.24) is 20.1 Å². The molecular formula is C23H36N4O. The predicted molar refractivity (Wildman–Crippen MR) is 114 cm³/mol. The Labute approximate surface area is 170 Å². The summed E-state index contributed by atoms with van der Waals surface area (Å²) in [7, 11) is 0. The van der Waals surface area contributed by atoms with Gasteiger partial charge in [0.15, 0.2) is 0 Å². The fourth-order valence-electron chi connectivity index (χ4n) is 4.34. The summed E-state index contributed by atoms with van der Waals surface area (Å²) in [6.45, 7) is 10.5. The lowest BCUT2D eigenvalue weighted by molar-refractivity contribution is -0.127. The molecule has 2 fully saturated rings. The molecule has 1 N–H and O–H groups in total. The van der Waals surface area contributed by atoms with Gasteiger partial charge in [-0.05, 0) is 62.9 Å². The maximum atomic E-state index is 12.7. The van der Waals surface area contributed by atoms with Gasteiger partial charge in [-0.3, -0.25) is 19.6 Å². The second-order valence-corrected chi connectivity index (χ2v) is 8.62. The Morgan fingerprint density at radius 2 is 2.11 bits per heavy atom. The fourth-order valence-corrected chi connectivity index (χ4v) is 4.34. The molecule has 0 spiro atoms. The maximum Gasteiger partial charge on any atom is 0.224 e. The topological polar surface area (TPSA) is 48.5 Å². The van der Waals surface area contributed by atoms with Crippen LogP contribution in [0.25, 0.3) is 0 Å². The lowest BCUT2D eigenvalue weighted by Gasteiger charge is -2.41. The summed E-state index contributed by atoms with van der Waals surface area (Å²) < 4.78 is 0. The van der Waals surface area contributed by atoms with Gasteiger partial charge in [0.1, 0.15) is 0 Å². The lowest BCUT2D eigenvalue weighted by atomic mass is 9.93. The number of nitrogens with zero attached hydrogens (tertiary/aromatic N) is 3. The van der Waals surface area contributed by atoms with Crippen molar-refractivity contribution in [2.75, 3.05) is 32.7 Å². The van der Waals surface area contributed by atoms with Crippen molar-refractivity contribution in [3.8, 4) is 0 Å². The van der Waals surface area contributed by atoms with E-state index in [9.17, 15) is 4.79 Å². The summed E-state index contributed by atoms with van der Waals surface area (Å²) >= 11 is 0. The highest BCUT2D eigenvalue weighted by atomic mass is 16.1. The van der Waals surface area contributed by atoms with Crippen molar-refractivity contribution in [2.24, 2.45) is 11.8 Å². The molecule has 0 bridgehead atoms. The first-order valence-electron chi connectivity index (χ1n) is 10.9. The van der Waals surface area contributed by atoms with Crippen molar-refractivity contribution in [2.45, 2.75) is 52.1 Å². The molecule has 1 aromatic heterocycles. The number of allylic oxidation sites excluding steroid dienone is 1. The average molecular weight is 385 g/mol. The molecule has 2 aliphatic rings. The molecule has 0 aromatic carbocycles. The van der Waals surface area contributed by atoms with Crippen LogP contribution < -0.4 is 5.32 Å². The second-order valence-electron chi connectivity index (χ2n) is 8.62. The van der Waals surface area contributed by atoms with Crippen LogP contribution in [0.4, 0.5) is 0 Å². The number of piperidine rings is 2. The van der Waals surface area contributed by atoms with Crippen LogP contribution in [0.15, 0.2) is 36.7 Å². The first kappa shape index (κ1) is 21.0. The van der Waals surface area contributed by atoms with E-state index in [1.807, 2.05) is 18.3 Å². The van der Waals surface area contributed by atoms with Crippen LogP contribution in [0, 0.1) is 11.8 Å². The SMILES string of the molecule is CC(C)C=CCN1CCC(N2CCCC(C(=O)NCc3cccnc3)C2)CC1. The van der Waals surface area contributed by atoms with Gasteiger partial charge in [0, 0.05) is 38.1 Å². The monoisotopic (exact) mass is 384 g/mol. The van der Waals surface area contributed by atoms with Crippen molar-refractivity contribution in [3.05, 3.63) is 42.2 Å². The van der Waals surface area contributed by atoms with Crippen LogP contribution in [0.1, 0.15) is 45.1 Å². The number of hydrogen-bond donors (Lipinski definition) is 1. The molecule has 5 nitrogen and oxygen atoms in total. The van der Waals surface area contributed by atoms with Gasteiger partial charge in [-0.2, -0.15) is 0 Å². The standard InChI is InChI=1S/C23H36N4O/c1-19(2)6-4-12-26-14-9-22(10-15-26)27-13-5-8-21(18-27)23(28)25-17-20-7-3-11-24-16-20/h3-4,6-7,11,16,19,21-22H,5,8-10,12-15,17-18H2,1-2H3,(H,25,28). The number of likely N-dealkylation sites (tertiary alicyclic amines) is 2. The highest BCUT2D eigenvalue weighted by molar-refractivity contribution is 5.78. The second kappa shape index (κ2) is 10.7. The average Bonchev–Trinajstić information content (AvgIpc) is 2.73.